The van der Waals surface area contributed by atoms with Crippen LogP contribution in [0.4, 0.5) is 0 Å². The molecule has 1 fully saturated rings. The lowest BCUT2D eigenvalue weighted by atomic mass is 10.0. The van der Waals surface area contributed by atoms with Gasteiger partial charge in [0.25, 0.3) is 5.91 Å². The van der Waals surface area contributed by atoms with E-state index in [4.69, 9.17) is 0 Å². The van der Waals surface area contributed by atoms with Crippen molar-refractivity contribution in [2.24, 2.45) is 0 Å². The van der Waals surface area contributed by atoms with Gasteiger partial charge in [0.1, 0.15) is 0 Å². The summed E-state index contributed by atoms with van der Waals surface area (Å²) in [5.74, 6) is -0.105. The van der Waals surface area contributed by atoms with Crippen molar-refractivity contribution in [3.8, 4) is 11.1 Å². The van der Waals surface area contributed by atoms with Gasteiger partial charge in [-0.1, -0.05) is 53.7 Å². The minimum Gasteiger partial charge on any atom is -0.329 e. The van der Waals surface area contributed by atoms with Crippen LogP contribution in [0.15, 0.2) is 54.7 Å². The van der Waals surface area contributed by atoms with E-state index in [1.54, 1.807) is 11.1 Å². The lowest BCUT2D eigenvalue weighted by molar-refractivity contribution is 0.0751. The quantitative estimate of drug-likeness (QED) is 0.766. The maximum absolute atomic E-state index is 13.2. The third kappa shape index (κ3) is 2.72. The molecule has 142 valence electrons. The van der Waals surface area contributed by atoms with Crippen LogP contribution in [0.1, 0.15) is 46.5 Å². The largest absolute Gasteiger partial charge is 0.329 e. The molecule has 2 aromatic carbocycles. The Labute approximate surface area is 164 Å². The maximum Gasteiger partial charge on any atom is 0.276 e. The van der Waals surface area contributed by atoms with E-state index in [0.717, 1.165) is 37.1 Å². The van der Waals surface area contributed by atoms with Gasteiger partial charge < -0.3 is 10.2 Å². The summed E-state index contributed by atoms with van der Waals surface area (Å²) in [7, 11) is 1.85. The third-order valence-electron chi connectivity index (χ3n) is 5.88. The van der Waals surface area contributed by atoms with Gasteiger partial charge in [-0.25, -0.2) is 4.68 Å². The van der Waals surface area contributed by atoms with Gasteiger partial charge >= 0.3 is 0 Å². The highest BCUT2D eigenvalue weighted by atomic mass is 16.2. The Morgan fingerprint density at radius 1 is 1.11 bits per heavy atom. The van der Waals surface area contributed by atoms with E-state index in [2.05, 4.69) is 39.9 Å². The first-order chi connectivity index (χ1) is 13.7. The number of carbonyl (C=O) groups excluding carboxylic acids is 1. The molecule has 0 saturated carbocycles. The number of hydrogen-bond donors (Lipinski definition) is 1. The number of benzene rings is 2. The fourth-order valence-electron chi connectivity index (χ4n) is 4.46. The van der Waals surface area contributed by atoms with E-state index in [-0.39, 0.29) is 18.0 Å². The number of hydrogen-bond acceptors (Lipinski definition) is 4. The summed E-state index contributed by atoms with van der Waals surface area (Å²) in [6.07, 6.45) is 3.97. The number of aromatic nitrogens is 3. The lowest BCUT2D eigenvalue weighted by Crippen LogP contribution is -2.32. The van der Waals surface area contributed by atoms with Crippen LogP contribution in [0.5, 0.6) is 0 Å². The molecule has 0 radical (unpaired) electrons. The van der Waals surface area contributed by atoms with E-state index in [0.29, 0.717) is 5.69 Å². The number of nitrogens with one attached hydrogen (secondary N) is 1. The molecule has 1 aliphatic carbocycles. The van der Waals surface area contributed by atoms with Gasteiger partial charge in [0, 0.05) is 13.6 Å². The molecule has 1 amide bonds. The van der Waals surface area contributed by atoms with Crippen LogP contribution in [0.25, 0.3) is 11.1 Å². The Hall–Kier alpha value is -2.99. The molecule has 3 aromatic rings. The van der Waals surface area contributed by atoms with Crippen LogP contribution in [0.3, 0.4) is 0 Å². The maximum atomic E-state index is 13.2. The molecule has 1 saturated heterocycles. The van der Waals surface area contributed by atoms with E-state index in [1.165, 1.54) is 11.1 Å². The topological polar surface area (TPSA) is 63.1 Å². The second kappa shape index (κ2) is 6.87. The first-order valence-electron chi connectivity index (χ1n) is 9.82. The van der Waals surface area contributed by atoms with Crippen LogP contribution >= 0.6 is 0 Å². The van der Waals surface area contributed by atoms with Crippen LogP contribution in [-0.4, -0.2) is 45.9 Å². The monoisotopic (exact) mass is 373 g/mol. The van der Waals surface area contributed by atoms with Crippen molar-refractivity contribution in [3.05, 3.63) is 71.5 Å². The van der Waals surface area contributed by atoms with Crippen molar-refractivity contribution >= 4 is 5.91 Å². The Bertz CT molecular complexity index is 976. The van der Waals surface area contributed by atoms with E-state index in [9.17, 15) is 4.79 Å². The molecular formula is C22H23N5O. The lowest BCUT2D eigenvalue weighted by Gasteiger charge is -2.26. The molecule has 1 atom stereocenters. The summed E-state index contributed by atoms with van der Waals surface area (Å²) in [6, 6.07) is 16.8. The molecule has 5 rings (SSSR count). The SMILES string of the molecule is CN(C(=O)c1cn([C@@H]2CCCNC2)nn1)C1c2ccccc2-c2ccccc21. The van der Waals surface area contributed by atoms with Crippen molar-refractivity contribution in [1.29, 1.82) is 0 Å². The van der Waals surface area contributed by atoms with E-state index < -0.39 is 0 Å². The van der Waals surface area contributed by atoms with Gasteiger partial charge in [0.2, 0.25) is 0 Å². The Morgan fingerprint density at radius 2 is 1.79 bits per heavy atom. The predicted octanol–water partition coefficient (Wildman–Crippen LogP) is 3.04. The molecular weight excluding hydrogens is 350 g/mol. The van der Waals surface area contributed by atoms with Gasteiger partial charge in [0.15, 0.2) is 5.69 Å². The molecule has 0 spiro atoms. The van der Waals surface area contributed by atoms with Gasteiger partial charge in [-0.2, -0.15) is 0 Å². The highest BCUT2D eigenvalue weighted by Gasteiger charge is 2.34. The number of piperidine rings is 1. The molecule has 1 aliphatic heterocycles. The second-order valence-electron chi connectivity index (χ2n) is 7.58. The number of rotatable bonds is 3. The van der Waals surface area contributed by atoms with Crippen LogP contribution in [0, 0.1) is 0 Å². The van der Waals surface area contributed by atoms with E-state index >= 15 is 0 Å². The predicted molar refractivity (Wildman–Crippen MR) is 107 cm³/mol. The van der Waals surface area contributed by atoms with E-state index in [1.807, 2.05) is 36.0 Å². The van der Waals surface area contributed by atoms with Gasteiger partial charge in [-0.3, -0.25) is 4.79 Å². The van der Waals surface area contributed by atoms with Gasteiger partial charge in [0.05, 0.1) is 18.3 Å². The van der Waals surface area contributed by atoms with Crippen LogP contribution in [0.2, 0.25) is 0 Å². The highest BCUT2D eigenvalue weighted by Crippen LogP contribution is 2.45. The molecule has 1 aromatic heterocycles. The first kappa shape index (κ1) is 17.1. The molecule has 0 unspecified atom stereocenters. The minimum atomic E-state index is -0.110. The number of amides is 1. The number of fused-ring (bicyclic) bond motifs is 3. The fraction of sp³-hybridized carbons (Fsp3) is 0.318. The third-order valence-corrected chi connectivity index (χ3v) is 5.88. The fourth-order valence-corrected chi connectivity index (χ4v) is 4.46. The van der Waals surface area contributed by atoms with Crippen molar-refractivity contribution in [1.82, 2.24) is 25.2 Å². The average molecular weight is 373 g/mol. The highest BCUT2D eigenvalue weighted by molar-refractivity contribution is 5.93. The van der Waals surface area contributed by atoms with Gasteiger partial charge in [-0.05, 0) is 41.6 Å². The minimum absolute atomic E-state index is 0.105. The normalized spacial score (nSPS) is 18.5. The van der Waals surface area contributed by atoms with Crippen LogP contribution in [-0.2, 0) is 0 Å². The molecule has 2 heterocycles. The first-order valence-corrected chi connectivity index (χ1v) is 9.82. The average Bonchev–Trinajstić information content (AvgIpc) is 3.37. The molecule has 0 bridgehead atoms. The molecule has 6 nitrogen and oxygen atoms in total. The summed E-state index contributed by atoms with van der Waals surface area (Å²) >= 11 is 0. The zero-order valence-electron chi connectivity index (χ0n) is 15.9. The standard InChI is InChI=1S/C22H23N5O/c1-26(22(28)20-14-27(25-24-20)15-7-6-12-23-13-15)21-18-10-4-2-8-16(18)17-9-3-5-11-19(17)21/h2-5,8-11,14-15,21,23H,6-7,12-13H2,1H3/t15-/m1/s1. The zero-order chi connectivity index (χ0) is 19.1. The Kier molecular flexibility index (Phi) is 4.20. The van der Waals surface area contributed by atoms with Crippen molar-refractivity contribution < 1.29 is 4.79 Å². The smallest absolute Gasteiger partial charge is 0.276 e. The molecule has 28 heavy (non-hydrogen) atoms. The number of nitrogens with zero attached hydrogens (tertiary/aromatic N) is 4. The summed E-state index contributed by atoms with van der Waals surface area (Å²) in [5, 5.41) is 11.8. The van der Waals surface area contributed by atoms with Crippen molar-refractivity contribution in [3.63, 3.8) is 0 Å². The van der Waals surface area contributed by atoms with Crippen molar-refractivity contribution in [2.75, 3.05) is 20.1 Å². The molecule has 6 heteroatoms. The zero-order valence-corrected chi connectivity index (χ0v) is 15.9. The molecule has 1 N–H and O–H groups in total. The Morgan fingerprint density at radius 3 is 2.43 bits per heavy atom. The Balaban J connectivity index is 1.46. The summed E-state index contributed by atoms with van der Waals surface area (Å²) < 4.78 is 1.84. The number of carbonyl (C=O) groups is 1. The summed E-state index contributed by atoms with van der Waals surface area (Å²) in [5.41, 5.74) is 5.10. The molecule has 2 aliphatic rings. The van der Waals surface area contributed by atoms with Crippen molar-refractivity contribution in [2.45, 2.75) is 24.9 Å². The second-order valence-corrected chi connectivity index (χ2v) is 7.58. The van der Waals surface area contributed by atoms with Gasteiger partial charge in [-0.15, -0.1) is 5.10 Å². The summed E-state index contributed by atoms with van der Waals surface area (Å²) in [4.78, 5) is 15.0. The van der Waals surface area contributed by atoms with Crippen LogP contribution < -0.4 is 5.32 Å². The summed E-state index contributed by atoms with van der Waals surface area (Å²) in [6.45, 7) is 1.91.